The molecular formula is C23H24N4O. The minimum absolute atomic E-state index is 0.159. The van der Waals surface area contributed by atoms with Crippen LogP contribution in [0.5, 0.6) is 0 Å². The third-order valence-electron chi connectivity index (χ3n) is 6.05. The van der Waals surface area contributed by atoms with Gasteiger partial charge in [0.25, 0.3) is 0 Å². The molecule has 1 aromatic heterocycles. The number of hydrogen-bond donors (Lipinski definition) is 3. The molecule has 5 heteroatoms. The van der Waals surface area contributed by atoms with Gasteiger partial charge in [-0.1, -0.05) is 42.5 Å². The molecule has 0 bridgehead atoms. The Morgan fingerprint density at radius 3 is 2.61 bits per heavy atom. The smallest absolute Gasteiger partial charge is 0.319 e. The molecule has 2 amide bonds. The Balaban J connectivity index is 1.60. The molecule has 4 N–H and O–H groups in total. The molecule has 1 saturated carbocycles. The van der Waals surface area contributed by atoms with Gasteiger partial charge in [0.15, 0.2) is 0 Å². The molecule has 2 heterocycles. The summed E-state index contributed by atoms with van der Waals surface area (Å²) < 4.78 is 0. The second-order valence-corrected chi connectivity index (χ2v) is 7.91. The van der Waals surface area contributed by atoms with Crippen molar-refractivity contribution in [2.45, 2.75) is 44.2 Å². The molecule has 0 unspecified atom stereocenters. The monoisotopic (exact) mass is 372 g/mol. The van der Waals surface area contributed by atoms with Crippen LogP contribution in [0.1, 0.15) is 48.9 Å². The Kier molecular flexibility index (Phi) is 4.05. The van der Waals surface area contributed by atoms with Gasteiger partial charge in [-0.05, 0) is 49.3 Å². The quantitative estimate of drug-likeness (QED) is 0.744. The fraction of sp³-hybridized carbons (Fsp3) is 0.304. The van der Waals surface area contributed by atoms with E-state index in [9.17, 15) is 4.79 Å². The van der Waals surface area contributed by atoms with Crippen molar-refractivity contribution in [3.05, 3.63) is 65.4 Å². The first kappa shape index (κ1) is 17.2. The molecule has 3 aliphatic rings. The number of nitrogens with zero attached hydrogens (tertiary/aromatic N) is 1. The number of urea groups is 1. The first-order chi connectivity index (χ1) is 13.6. The standard InChI is InChI=1S/C23H24N4O/c24-23(11-4-12-23)17-9-7-16(8-10-17)21-18(15-5-2-1-3-6-15)13-19-20(26-21)14-25-22(28)27-19/h2,5-10,13H,1,3-4,11-12,14,24H2,(H2,25,27,28). The average molecular weight is 372 g/mol. The molecule has 0 saturated heterocycles. The molecule has 1 aliphatic heterocycles. The van der Waals surface area contributed by atoms with E-state index in [1.165, 1.54) is 12.0 Å². The Bertz CT molecular complexity index is 1000. The SMILES string of the molecule is NC1(c2ccc(-c3nc4c(cc3C3=CCCC=C3)NC(=O)NC4)cc2)CCC1. The van der Waals surface area contributed by atoms with Gasteiger partial charge < -0.3 is 16.4 Å². The van der Waals surface area contributed by atoms with Crippen LogP contribution in [0, 0.1) is 0 Å². The topological polar surface area (TPSA) is 80.0 Å². The minimum Gasteiger partial charge on any atom is -0.332 e. The molecule has 0 radical (unpaired) electrons. The summed E-state index contributed by atoms with van der Waals surface area (Å²) in [4.78, 5) is 16.7. The number of rotatable bonds is 3. The van der Waals surface area contributed by atoms with Crippen LogP contribution < -0.4 is 16.4 Å². The number of benzene rings is 1. The lowest BCUT2D eigenvalue weighted by molar-refractivity contribution is 0.250. The van der Waals surface area contributed by atoms with E-state index in [2.05, 4.69) is 59.2 Å². The van der Waals surface area contributed by atoms with Gasteiger partial charge in [0.05, 0.1) is 23.6 Å². The van der Waals surface area contributed by atoms with Crippen LogP contribution in [0.2, 0.25) is 0 Å². The van der Waals surface area contributed by atoms with Gasteiger partial charge in [0.1, 0.15) is 0 Å². The molecule has 0 spiro atoms. The van der Waals surface area contributed by atoms with Crippen LogP contribution in [0.15, 0.2) is 48.6 Å². The molecule has 5 nitrogen and oxygen atoms in total. The maximum absolute atomic E-state index is 11.7. The van der Waals surface area contributed by atoms with Crippen LogP contribution in [0.3, 0.4) is 0 Å². The molecule has 2 aliphatic carbocycles. The third-order valence-corrected chi connectivity index (χ3v) is 6.05. The van der Waals surface area contributed by atoms with E-state index in [-0.39, 0.29) is 11.6 Å². The van der Waals surface area contributed by atoms with Crippen LogP contribution in [0.4, 0.5) is 10.5 Å². The summed E-state index contributed by atoms with van der Waals surface area (Å²) in [5.74, 6) is 0. The second kappa shape index (κ2) is 6.60. The molecule has 1 aromatic carbocycles. The number of fused-ring (bicyclic) bond motifs is 1. The van der Waals surface area contributed by atoms with Crippen LogP contribution >= 0.6 is 0 Å². The molecule has 1 fully saturated rings. The van der Waals surface area contributed by atoms with Crippen molar-refractivity contribution in [1.29, 1.82) is 0 Å². The Labute approximate surface area is 164 Å². The average Bonchev–Trinajstić information content (AvgIpc) is 2.72. The number of carbonyl (C=O) groups is 1. The van der Waals surface area contributed by atoms with E-state index >= 15 is 0 Å². The van der Waals surface area contributed by atoms with Crippen molar-refractivity contribution < 1.29 is 4.79 Å². The van der Waals surface area contributed by atoms with Crippen LogP contribution in [-0.4, -0.2) is 11.0 Å². The lowest BCUT2D eigenvalue weighted by Crippen LogP contribution is -2.43. The normalized spacial score (nSPS) is 19.8. The summed E-state index contributed by atoms with van der Waals surface area (Å²) in [5, 5.41) is 5.68. The van der Waals surface area contributed by atoms with Crippen molar-refractivity contribution >= 4 is 17.3 Å². The number of nitrogens with two attached hydrogens (primary N) is 1. The maximum Gasteiger partial charge on any atom is 0.319 e. The molecule has 5 rings (SSSR count). The van der Waals surface area contributed by atoms with E-state index in [1.54, 1.807) is 0 Å². The lowest BCUT2D eigenvalue weighted by Gasteiger charge is -2.38. The fourth-order valence-electron chi connectivity index (χ4n) is 4.18. The predicted molar refractivity (Wildman–Crippen MR) is 112 cm³/mol. The van der Waals surface area contributed by atoms with Gasteiger partial charge in [-0.2, -0.15) is 0 Å². The third kappa shape index (κ3) is 2.92. The number of allylic oxidation sites excluding steroid dienone is 4. The van der Waals surface area contributed by atoms with E-state index in [1.807, 2.05) is 0 Å². The number of pyridine rings is 1. The summed E-state index contributed by atoms with van der Waals surface area (Å²) in [7, 11) is 0. The minimum atomic E-state index is -0.181. The highest BCUT2D eigenvalue weighted by atomic mass is 16.2. The highest BCUT2D eigenvalue weighted by molar-refractivity contribution is 5.94. The molecule has 142 valence electrons. The van der Waals surface area contributed by atoms with Gasteiger partial charge in [-0.25, -0.2) is 9.78 Å². The molecule has 2 aromatic rings. The first-order valence-electron chi connectivity index (χ1n) is 9.98. The second-order valence-electron chi connectivity index (χ2n) is 7.91. The largest absolute Gasteiger partial charge is 0.332 e. The van der Waals surface area contributed by atoms with Gasteiger partial charge in [0.2, 0.25) is 0 Å². The van der Waals surface area contributed by atoms with Crippen LogP contribution in [0.25, 0.3) is 16.8 Å². The summed E-state index contributed by atoms with van der Waals surface area (Å²) in [6, 6.07) is 10.4. The Morgan fingerprint density at radius 2 is 1.93 bits per heavy atom. The van der Waals surface area contributed by atoms with Crippen molar-refractivity contribution in [2.75, 3.05) is 5.32 Å². The molecular weight excluding hydrogens is 348 g/mol. The number of amides is 2. The summed E-state index contributed by atoms with van der Waals surface area (Å²) in [6.45, 7) is 0.438. The highest BCUT2D eigenvalue weighted by Crippen LogP contribution is 2.40. The van der Waals surface area contributed by atoms with Gasteiger partial charge in [0, 0.05) is 16.7 Å². The van der Waals surface area contributed by atoms with Crippen molar-refractivity contribution in [1.82, 2.24) is 10.3 Å². The van der Waals surface area contributed by atoms with E-state index in [4.69, 9.17) is 10.7 Å². The Hall–Kier alpha value is -2.92. The fourth-order valence-corrected chi connectivity index (χ4v) is 4.18. The maximum atomic E-state index is 11.7. The molecule has 28 heavy (non-hydrogen) atoms. The van der Waals surface area contributed by atoms with Crippen LogP contribution in [-0.2, 0) is 12.1 Å². The van der Waals surface area contributed by atoms with Gasteiger partial charge in [-0.15, -0.1) is 0 Å². The number of carbonyl (C=O) groups excluding carboxylic acids is 1. The zero-order valence-corrected chi connectivity index (χ0v) is 15.8. The number of aromatic nitrogens is 1. The van der Waals surface area contributed by atoms with Gasteiger partial charge >= 0.3 is 6.03 Å². The van der Waals surface area contributed by atoms with E-state index in [0.29, 0.717) is 6.54 Å². The number of anilines is 1. The summed E-state index contributed by atoms with van der Waals surface area (Å²) in [5.41, 5.74) is 13.4. The highest BCUT2D eigenvalue weighted by Gasteiger charge is 2.34. The van der Waals surface area contributed by atoms with Crippen molar-refractivity contribution in [2.24, 2.45) is 5.73 Å². The van der Waals surface area contributed by atoms with E-state index < -0.39 is 0 Å². The summed E-state index contributed by atoms with van der Waals surface area (Å²) in [6.07, 6.45) is 12.0. The number of nitrogens with one attached hydrogen (secondary N) is 2. The zero-order valence-electron chi connectivity index (χ0n) is 15.8. The summed E-state index contributed by atoms with van der Waals surface area (Å²) >= 11 is 0. The number of hydrogen-bond acceptors (Lipinski definition) is 3. The van der Waals surface area contributed by atoms with Crippen molar-refractivity contribution in [3.8, 4) is 11.3 Å². The predicted octanol–water partition coefficient (Wildman–Crippen LogP) is 4.46. The molecule has 0 atom stereocenters. The van der Waals surface area contributed by atoms with Gasteiger partial charge in [-0.3, -0.25) is 0 Å². The van der Waals surface area contributed by atoms with E-state index in [0.717, 1.165) is 59.5 Å². The lowest BCUT2D eigenvalue weighted by atomic mass is 9.72. The first-order valence-corrected chi connectivity index (χ1v) is 9.98. The Morgan fingerprint density at radius 1 is 1.11 bits per heavy atom. The van der Waals surface area contributed by atoms with Crippen molar-refractivity contribution in [3.63, 3.8) is 0 Å². The zero-order chi connectivity index (χ0) is 19.1.